The summed E-state index contributed by atoms with van der Waals surface area (Å²) in [4.78, 5) is 0. The first-order valence-corrected chi connectivity index (χ1v) is 4.97. The van der Waals surface area contributed by atoms with Gasteiger partial charge in [-0.3, -0.25) is 0 Å². The number of nitrogens with one attached hydrogen (secondary N) is 1. The highest BCUT2D eigenvalue weighted by molar-refractivity contribution is 4.95. The van der Waals surface area contributed by atoms with E-state index in [-0.39, 0.29) is 0 Å². The Kier molecular flexibility index (Phi) is 2.94. The second-order valence-corrected chi connectivity index (χ2v) is 4.03. The van der Waals surface area contributed by atoms with Crippen LogP contribution < -0.4 is 5.32 Å². The molecule has 1 heteroatoms. The highest BCUT2D eigenvalue weighted by Crippen LogP contribution is 2.30. The van der Waals surface area contributed by atoms with E-state index in [4.69, 9.17) is 0 Å². The van der Waals surface area contributed by atoms with Crippen LogP contribution in [0.5, 0.6) is 0 Å². The molecule has 1 N–H and O–H groups in total. The molecule has 11 heavy (non-hydrogen) atoms. The molecule has 0 aromatic carbocycles. The van der Waals surface area contributed by atoms with Crippen LogP contribution in [0.2, 0.25) is 0 Å². The quantitative estimate of drug-likeness (QED) is 0.658. The van der Waals surface area contributed by atoms with Crippen LogP contribution in [0.1, 0.15) is 46.5 Å². The van der Waals surface area contributed by atoms with Crippen molar-refractivity contribution in [2.45, 2.75) is 52.0 Å². The van der Waals surface area contributed by atoms with Gasteiger partial charge in [0.1, 0.15) is 0 Å². The summed E-state index contributed by atoms with van der Waals surface area (Å²) in [5.41, 5.74) is 0.537. The minimum atomic E-state index is 0.537. The summed E-state index contributed by atoms with van der Waals surface area (Å²) in [6.07, 6.45) is 5.40. The van der Waals surface area contributed by atoms with Gasteiger partial charge in [-0.1, -0.05) is 27.2 Å². The van der Waals surface area contributed by atoms with Crippen molar-refractivity contribution in [1.82, 2.24) is 5.32 Å². The molecule has 0 amide bonds. The Balaban J connectivity index is 2.32. The highest BCUT2D eigenvalue weighted by atomic mass is 15.0. The van der Waals surface area contributed by atoms with E-state index >= 15 is 0 Å². The number of rotatable bonds is 4. The zero-order valence-corrected chi connectivity index (χ0v) is 8.11. The SMILES string of the molecule is CCC(C)CC1(CC)CCN1. The molecular weight excluding hydrogens is 134 g/mol. The van der Waals surface area contributed by atoms with Gasteiger partial charge in [0.05, 0.1) is 0 Å². The van der Waals surface area contributed by atoms with Gasteiger partial charge in [0, 0.05) is 5.54 Å². The lowest BCUT2D eigenvalue weighted by atomic mass is 9.77. The average molecular weight is 155 g/mol. The molecule has 1 saturated heterocycles. The second kappa shape index (κ2) is 3.57. The van der Waals surface area contributed by atoms with Crippen molar-refractivity contribution in [3.63, 3.8) is 0 Å². The Morgan fingerprint density at radius 2 is 2.09 bits per heavy atom. The van der Waals surface area contributed by atoms with E-state index in [1.54, 1.807) is 0 Å². The monoisotopic (exact) mass is 155 g/mol. The van der Waals surface area contributed by atoms with Crippen LogP contribution in [-0.4, -0.2) is 12.1 Å². The molecule has 1 fully saturated rings. The fourth-order valence-corrected chi connectivity index (χ4v) is 1.91. The van der Waals surface area contributed by atoms with Crippen molar-refractivity contribution >= 4 is 0 Å². The number of hydrogen-bond acceptors (Lipinski definition) is 1. The molecule has 0 aromatic heterocycles. The van der Waals surface area contributed by atoms with E-state index in [1.165, 1.54) is 32.2 Å². The topological polar surface area (TPSA) is 12.0 Å². The fraction of sp³-hybridized carbons (Fsp3) is 1.00. The molecule has 0 aromatic rings. The first-order valence-electron chi connectivity index (χ1n) is 4.97. The van der Waals surface area contributed by atoms with Gasteiger partial charge in [0.15, 0.2) is 0 Å². The molecule has 2 atom stereocenters. The normalized spacial score (nSPS) is 33.0. The van der Waals surface area contributed by atoms with E-state index in [9.17, 15) is 0 Å². The summed E-state index contributed by atoms with van der Waals surface area (Å²) in [5.74, 6) is 0.891. The van der Waals surface area contributed by atoms with E-state index in [1.807, 2.05) is 0 Å². The van der Waals surface area contributed by atoms with Gasteiger partial charge in [0.25, 0.3) is 0 Å². The lowest BCUT2D eigenvalue weighted by Crippen LogP contribution is -2.57. The molecular formula is C10H21N. The Bertz CT molecular complexity index is 111. The third-order valence-corrected chi connectivity index (χ3v) is 3.22. The van der Waals surface area contributed by atoms with Gasteiger partial charge in [-0.25, -0.2) is 0 Å². The van der Waals surface area contributed by atoms with Crippen LogP contribution in [0.4, 0.5) is 0 Å². The molecule has 0 saturated carbocycles. The first kappa shape index (κ1) is 9.05. The zero-order valence-electron chi connectivity index (χ0n) is 8.11. The Morgan fingerprint density at radius 3 is 2.36 bits per heavy atom. The molecule has 1 aliphatic rings. The molecule has 0 bridgehead atoms. The van der Waals surface area contributed by atoms with Crippen molar-refractivity contribution in [1.29, 1.82) is 0 Å². The third kappa shape index (κ3) is 1.96. The van der Waals surface area contributed by atoms with Gasteiger partial charge in [0.2, 0.25) is 0 Å². The van der Waals surface area contributed by atoms with E-state index in [2.05, 4.69) is 26.1 Å². The summed E-state index contributed by atoms with van der Waals surface area (Å²) in [7, 11) is 0. The predicted octanol–water partition coefficient (Wildman–Crippen LogP) is 2.56. The largest absolute Gasteiger partial charge is 0.311 e. The molecule has 2 unspecified atom stereocenters. The van der Waals surface area contributed by atoms with Crippen molar-refractivity contribution in [3.05, 3.63) is 0 Å². The molecule has 0 radical (unpaired) electrons. The zero-order chi connectivity index (χ0) is 8.32. The van der Waals surface area contributed by atoms with Crippen LogP contribution in [0.3, 0.4) is 0 Å². The van der Waals surface area contributed by atoms with Crippen LogP contribution in [-0.2, 0) is 0 Å². The van der Waals surface area contributed by atoms with Crippen LogP contribution >= 0.6 is 0 Å². The number of hydrogen-bond donors (Lipinski definition) is 1. The van der Waals surface area contributed by atoms with E-state index in [0.29, 0.717) is 5.54 Å². The Labute approximate surface area is 70.6 Å². The summed E-state index contributed by atoms with van der Waals surface area (Å²) in [6, 6.07) is 0. The molecule has 0 spiro atoms. The maximum absolute atomic E-state index is 3.57. The smallest absolute Gasteiger partial charge is 0.0193 e. The van der Waals surface area contributed by atoms with Gasteiger partial charge in [-0.15, -0.1) is 0 Å². The first-order chi connectivity index (χ1) is 5.22. The minimum Gasteiger partial charge on any atom is -0.311 e. The van der Waals surface area contributed by atoms with Crippen molar-refractivity contribution < 1.29 is 0 Å². The summed E-state index contributed by atoms with van der Waals surface area (Å²) >= 11 is 0. The second-order valence-electron chi connectivity index (χ2n) is 4.03. The average Bonchev–Trinajstić information content (AvgIpc) is 1.96. The molecule has 1 nitrogen and oxygen atoms in total. The molecule has 1 heterocycles. The van der Waals surface area contributed by atoms with Crippen LogP contribution in [0.15, 0.2) is 0 Å². The molecule has 1 aliphatic heterocycles. The fourth-order valence-electron chi connectivity index (χ4n) is 1.91. The lowest BCUT2D eigenvalue weighted by molar-refractivity contribution is 0.157. The standard InChI is InChI=1S/C10H21N/c1-4-9(3)8-10(5-2)6-7-11-10/h9,11H,4-8H2,1-3H3. The molecule has 0 aliphatic carbocycles. The van der Waals surface area contributed by atoms with Crippen molar-refractivity contribution in [2.75, 3.05) is 6.54 Å². The summed E-state index contributed by atoms with van der Waals surface area (Å²) in [5, 5.41) is 3.57. The third-order valence-electron chi connectivity index (χ3n) is 3.22. The van der Waals surface area contributed by atoms with Gasteiger partial charge < -0.3 is 5.32 Å². The highest BCUT2D eigenvalue weighted by Gasteiger charge is 2.34. The van der Waals surface area contributed by atoms with Crippen LogP contribution in [0.25, 0.3) is 0 Å². The van der Waals surface area contributed by atoms with Crippen LogP contribution in [0, 0.1) is 5.92 Å². The van der Waals surface area contributed by atoms with Gasteiger partial charge in [-0.05, 0) is 31.7 Å². The molecule has 66 valence electrons. The van der Waals surface area contributed by atoms with E-state index in [0.717, 1.165) is 5.92 Å². The predicted molar refractivity (Wildman–Crippen MR) is 49.7 cm³/mol. The van der Waals surface area contributed by atoms with E-state index < -0.39 is 0 Å². The Hall–Kier alpha value is -0.0400. The Morgan fingerprint density at radius 1 is 1.45 bits per heavy atom. The van der Waals surface area contributed by atoms with Crippen molar-refractivity contribution in [2.24, 2.45) is 5.92 Å². The molecule has 1 rings (SSSR count). The maximum Gasteiger partial charge on any atom is 0.0193 e. The summed E-state index contributed by atoms with van der Waals surface area (Å²) < 4.78 is 0. The van der Waals surface area contributed by atoms with Crippen molar-refractivity contribution in [3.8, 4) is 0 Å². The summed E-state index contributed by atoms with van der Waals surface area (Å²) in [6.45, 7) is 8.18. The van der Waals surface area contributed by atoms with Gasteiger partial charge in [-0.2, -0.15) is 0 Å². The van der Waals surface area contributed by atoms with Gasteiger partial charge >= 0.3 is 0 Å². The minimum absolute atomic E-state index is 0.537. The lowest BCUT2D eigenvalue weighted by Gasteiger charge is -2.44. The maximum atomic E-state index is 3.57.